The summed E-state index contributed by atoms with van der Waals surface area (Å²) in [5, 5.41) is 0. The summed E-state index contributed by atoms with van der Waals surface area (Å²) < 4.78 is 64.6. The molecular weight excluding hydrogens is 499 g/mol. The molecular formula is C24H30F3N3O5S. The molecule has 0 saturated carbocycles. The minimum Gasteiger partial charge on any atom is -0.448 e. The number of aromatic nitrogens is 1. The Morgan fingerprint density at radius 2 is 1.83 bits per heavy atom. The number of hydrogen-bond donors (Lipinski definition) is 0. The maximum Gasteiger partial charge on any atom is 0.573 e. The standard InChI is InChI=1S/C24H30F3N3O5S/c1-2-33-10-7-20-16-34-22(28-20)19-13-18(17-3-5-21(6-4-17)35-24(25,26)27)14-30(15-19)23(31)29-8-11-36(32)12-9-29/h3-6,16,18-19H,2,7-15H2,1H3. The van der Waals surface area contributed by atoms with Crippen LogP contribution >= 0.6 is 0 Å². The molecule has 36 heavy (non-hydrogen) atoms. The molecule has 4 rings (SSSR count). The zero-order valence-electron chi connectivity index (χ0n) is 20.0. The molecule has 198 valence electrons. The van der Waals surface area contributed by atoms with Gasteiger partial charge in [-0.15, -0.1) is 13.2 Å². The number of halogens is 3. The van der Waals surface area contributed by atoms with E-state index >= 15 is 0 Å². The monoisotopic (exact) mass is 529 g/mol. The highest BCUT2D eigenvalue weighted by Crippen LogP contribution is 2.37. The summed E-state index contributed by atoms with van der Waals surface area (Å²) in [6.45, 7) is 4.75. The highest BCUT2D eigenvalue weighted by atomic mass is 32.2. The van der Waals surface area contributed by atoms with Crippen molar-refractivity contribution in [1.82, 2.24) is 14.8 Å². The largest absolute Gasteiger partial charge is 0.573 e. The molecule has 2 atom stereocenters. The van der Waals surface area contributed by atoms with Crippen molar-refractivity contribution in [3.8, 4) is 5.75 Å². The van der Waals surface area contributed by atoms with Gasteiger partial charge in [0, 0.05) is 67.4 Å². The topological polar surface area (TPSA) is 85.1 Å². The van der Waals surface area contributed by atoms with Crippen LogP contribution in [0, 0.1) is 0 Å². The van der Waals surface area contributed by atoms with Gasteiger partial charge in [-0.1, -0.05) is 12.1 Å². The van der Waals surface area contributed by atoms with Crippen LogP contribution in [-0.2, 0) is 22.0 Å². The molecule has 1 aromatic carbocycles. The first kappa shape index (κ1) is 26.5. The highest BCUT2D eigenvalue weighted by molar-refractivity contribution is 7.85. The van der Waals surface area contributed by atoms with E-state index in [0.717, 1.165) is 11.3 Å². The van der Waals surface area contributed by atoms with Crippen LogP contribution in [0.1, 0.15) is 42.3 Å². The number of amides is 2. The summed E-state index contributed by atoms with van der Waals surface area (Å²) >= 11 is 0. The number of urea groups is 1. The Kier molecular flexibility index (Phi) is 8.55. The summed E-state index contributed by atoms with van der Waals surface area (Å²) in [7, 11) is -0.906. The third-order valence-corrected chi connectivity index (χ3v) is 7.66. The van der Waals surface area contributed by atoms with E-state index in [1.807, 2.05) is 6.92 Å². The van der Waals surface area contributed by atoms with Gasteiger partial charge in [0.15, 0.2) is 5.89 Å². The van der Waals surface area contributed by atoms with Crippen LogP contribution in [0.5, 0.6) is 5.75 Å². The van der Waals surface area contributed by atoms with Gasteiger partial charge in [0.1, 0.15) is 12.0 Å². The first-order valence-electron chi connectivity index (χ1n) is 12.0. The molecule has 12 heteroatoms. The lowest BCUT2D eigenvalue weighted by Crippen LogP contribution is -2.52. The minimum absolute atomic E-state index is 0.134. The minimum atomic E-state index is -4.76. The van der Waals surface area contributed by atoms with Gasteiger partial charge in [0.25, 0.3) is 0 Å². The summed E-state index contributed by atoms with van der Waals surface area (Å²) in [6.07, 6.45) is -1.92. The van der Waals surface area contributed by atoms with Gasteiger partial charge in [0.2, 0.25) is 0 Å². The molecule has 2 aliphatic heterocycles. The molecule has 2 amide bonds. The van der Waals surface area contributed by atoms with Gasteiger partial charge < -0.3 is 23.7 Å². The van der Waals surface area contributed by atoms with E-state index in [2.05, 4.69) is 9.72 Å². The molecule has 2 aliphatic rings. The van der Waals surface area contributed by atoms with E-state index < -0.39 is 17.2 Å². The quantitative estimate of drug-likeness (QED) is 0.506. The number of carbonyl (C=O) groups is 1. The van der Waals surface area contributed by atoms with Crippen LogP contribution < -0.4 is 4.74 Å². The maximum absolute atomic E-state index is 13.3. The molecule has 2 aromatic rings. The van der Waals surface area contributed by atoms with Gasteiger partial charge in [0.05, 0.1) is 18.2 Å². The fraction of sp³-hybridized carbons (Fsp3) is 0.583. The lowest BCUT2D eigenvalue weighted by atomic mass is 9.84. The number of ether oxygens (including phenoxy) is 2. The molecule has 2 unspecified atom stereocenters. The van der Waals surface area contributed by atoms with Gasteiger partial charge in [-0.2, -0.15) is 0 Å². The van der Waals surface area contributed by atoms with Crippen molar-refractivity contribution in [2.24, 2.45) is 0 Å². The Labute approximate surface area is 210 Å². The predicted molar refractivity (Wildman–Crippen MR) is 126 cm³/mol. The van der Waals surface area contributed by atoms with Crippen LogP contribution in [0.15, 0.2) is 34.9 Å². The zero-order chi connectivity index (χ0) is 25.7. The fourth-order valence-corrected chi connectivity index (χ4v) is 5.64. The fourth-order valence-electron chi connectivity index (χ4n) is 4.59. The first-order chi connectivity index (χ1) is 17.2. The number of likely N-dealkylation sites (tertiary alicyclic amines) is 1. The number of benzene rings is 1. The Balaban J connectivity index is 1.52. The first-order valence-corrected chi connectivity index (χ1v) is 13.5. The lowest BCUT2D eigenvalue weighted by Gasteiger charge is -2.40. The van der Waals surface area contributed by atoms with Crippen LogP contribution in [0.4, 0.5) is 18.0 Å². The molecule has 3 heterocycles. The Morgan fingerprint density at radius 1 is 1.14 bits per heavy atom. The smallest absolute Gasteiger partial charge is 0.448 e. The predicted octanol–water partition coefficient (Wildman–Crippen LogP) is 3.91. The van der Waals surface area contributed by atoms with Crippen molar-refractivity contribution < 1.29 is 36.1 Å². The number of piperidine rings is 1. The van der Waals surface area contributed by atoms with Crippen LogP contribution in [0.3, 0.4) is 0 Å². The molecule has 0 radical (unpaired) electrons. The van der Waals surface area contributed by atoms with E-state index in [4.69, 9.17) is 9.15 Å². The molecule has 1 aromatic heterocycles. The van der Waals surface area contributed by atoms with Gasteiger partial charge >= 0.3 is 12.4 Å². The lowest BCUT2D eigenvalue weighted by molar-refractivity contribution is -0.274. The van der Waals surface area contributed by atoms with Crippen molar-refractivity contribution in [3.05, 3.63) is 47.7 Å². The van der Waals surface area contributed by atoms with Crippen molar-refractivity contribution in [2.75, 3.05) is 50.9 Å². The Hall–Kier alpha value is -2.60. The second-order valence-electron chi connectivity index (χ2n) is 8.89. The summed E-state index contributed by atoms with van der Waals surface area (Å²) in [5.74, 6) is 0.829. The maximum atomic E-state index is 13.3. The third-order valence-electron chi connectivity index (χ3n) is 6.38. The van der Waals surface area contributed by atoms with Gasteiger partial charge in [-0.3, -0.25) is 4.21 Å². The number of nitrogens with zero attached hydrogens (tertiary/aromatic N) is 3. The molecule has 0 bridgehead atoms. The summed E-state index contributed by atoms with van der Waals surface area (Å²) in [6, 6.07) is 5.64. The van der Waals surface area contributed by atoms with E-state index in [0.29, 0.717) is 69.6 Å². The number of carbonyl (C=O) groups excluding carboxylic acids is 1. The molecule has 8 nitrogen and oxygen atoms in total. The van der Waals surface area contributed by atoms with Crippen LogP contribution in [-0.4, -0.2) is 82.3 Å². The Bertz CT molecular complexity index is 1040. The van der Waals surface area contributed by atoms with E-state index in [1.54, 1.807) is 28.2 Å². The average molecular weight is 530 g/mol. The van der Waals surface area contributed by atoms with Crippen LogP contribution in [0.25, 0.3) is 0 Å². The van der Waals surface area contributed by atoms with Crippen LogP contribution in [0.2, 0.25) is 0 Å². The second-order valence-corrected chi connectivity index (χ2v) is 10.6. The van der Waals surface area contributed by atoms with E-state index in [1.165, 1.54) is 12.1 Å². The molecule has 0 N–H and O–H groups in total. The van der Waals surface area contributed by atoms with Crippen molar-refractivity contribution >= 4 is 16.8 Å². The van der Waals surface area contributed by atoms with Gasteiger partial charge in [-0.05, 0) is 31.0 Å². The highest BCUT2D eigenvalue weighted by Gasteiger charge is 2.37. The summed E-state index contributed by atoms with van der Waals surface area (Å²) in [4.78, 5) is 21.4. The van der Waals surface area contributed by atoms with E-state index in [9.17, 15) is 22.2 Å². The van der Waals surface area contributed by atoms with E-state index in [-0.39, 0.29) is 23.6 Å². The number of alkyl halides is 3. The molecule has 0 aliphatic carbocycles. The molecule has 0 spiro atoms. The third kappa shape index (κ3) is 7.00. The van der Waals surface area contributed by atoms with Crippen molar-refractivity contribution in [3.63, 3.8) is 0 Å². The van der Waals surface area contributed by atoms with Gasteiger partial charge in [-0.25, -0.2) is 9.78 Å². The van der Waals surface area contributed by atoms with Crippen molar-refractivity contribution in [2.45, 2.75) is 38.0 Å². The second kappa shape index (κ2) is 11.6. The molecule has 2 fully saturated rings. The Morgan fingerprint density at radius 3 is 2.50 bits per heavy atom. The summed E-state index contributed by atoms with van der Waals surface area (Å²) in [5.41, 5.74) is 1.57. The number of hydrogen-bond acceptors (Lipinski definition) is 6. The number of oxazole rings is 1. The normalized spacial score (nSPS) is 21.6. The molecule has 2 saturated heterocycles. The van der Waals surface area contributed by atoms with Crippen molar-refractivity contribution in [1.29, 1.82) is 0 Å². The average Bonchev–Trinajstić information content (AvgIpc) is 3.32. The number of rotatable bonds is 7. The SMILES string of the molecule is CCOCCc1coc(C2CC(c3ccc(OC(F)(F)F)cc3)CN(C(=O)N3CCS(=O)CC3)C2)n1. The zero-order valence-corrected chi connectivity index (χ0v) is 20.9.